The maximum Gasteiger partial charge on any atom is 0.0893 e. The molecule has 0 N–H and O–H groups in total. The van der Waals surface area contributed by atoms with E-state index in [2.05, 4.69) is 28.7 Å². The van der Waals surface area contributed by atoms with Crippen LogP contribution in [0.3, 0.4) is 0 Å². The highest BCUT2D eigenvalue weighted by molar-refractivity contribution is 7.09. The first-order valence-corrected chi connectivity index (χ1v) is 5.46. The van der Waals surface area contributed by atoms with Gasteiger partial charge in [0.15, 0.2) is 0 Å². The second-order valence-corrected chi connectivity index (χ2v) is 4.23. The molecule has 64 valence electrons. The molecule has 0 aromatic carbocycles. The van der Waals surface area contributed by atoms with E-state index in [-0.39, 0.29) is 0 Å². The fourth-order valence-corrected chi connectivity index (χ4v) is 1.73. The maximum absolute atomic E-state index is 3.94. The Morgan fingerprint density at radius 3 is 2.25 bits per heavy atom. The molecule has 0 spiro atoms. The Bertz CT molecular complexity index is 252. The molecule has 0 aliphatic heterocycles. The van der Waals surface area contributed by atoms with E-state index < -0.39 is 0 Å². The molecule has 0 bridgehead atoms. The zero-order chi connectivity index (χ0) is 8.81. The Balaban J connectivity index is 0.000000120. The standard InChI is InChI=1S/C5H6S.C4H5NS/c1-5-2-3-6-4-5;1-4-5-2-3-6-4/h2-4H,1H3;2-3H,1H3. The van der Waals surface area contributed by atoms with Gasteiger partial charge in [-0.2, -0.15) is 11.3 Å². The van der Waals surface area contributed by atoms with Gasteiger partial charge in [-0.05, 0) is 36.2 Å². The van der Waals surface area contributed by atoms with Crippen molar-refractivity contribution in [2.45, 2.75) is 13.8 Å². The second-order valence-electron chi connectivity index (χ2n) is 2.35. The quantitative estimate of drug-likeness (QED) is 0.630. The average Bonchev–Trinajstić information content (AvgIpc) is 2.63. The van der Waals surface area contributed by atoms with E-state index in [1.165, 1.54) is 5.56 Å². The first-order chi connectivity index (χ1) is 5.79. The molecule has 0 atom stereocenters. The van der Waals surface area contributed by atoms with Crippen LogP contribution in [0.25, 0.3) is 0 Å². The first kappa shape index (κ1) is 9.42. The molecule has 2 rings (SSSR count). The van der Waals surface area contributed by atoms with E-state index in [9.17, 15) is 0 Å². The number of nitrogens with zero attached hydrogens (tertiary/aromatic N) is 1. The molecule has 3 heteroatoms. The van der Waals surface area contributed by atoms with Crippen LogP contribution in [-0.4, -0.2) is 4.98 Å². The molecular weight excluding hydrogens is 186 g/mol. The molecule has 0 aliphatic carbocycles. The number of thiophene rings is 1. The monoisotopic (exact) mass is 197 g/mol. The summed E-state index contributed by atoms with van der Waals surface area (Å²) in [6, 6.07) is 2.10. The molecule has 0 saturated carbocycles. The number of hydrogen-bond donors (Lipinski definition) is 0. The Hall–Kier alpha value is -0.670. The lowest BCUT2D eigenvalue weighted by molar-refractivity contribution is 1.30. The molecule has 0 radical (unpaired) electrons. The lowest BCUT2D eigenvalue weighted by Gasteiger charge is -1.65. The fourth-order valence-electron chi connectivity index (χ4n) is 0.627. The van der Waals surface area contributed by atoms with Gasteiger partial charge in [0, 0.05) is 11.6 Å². The van der Waals surface area contributed by atoms with Crippen LogP contribution in [0, 0.1) is 13.8 Å². The Kier molecular flexibility index (Phi) is 3.97. The van der Waals surface area contributed by atoms with Crippen molar-refractivity contribution >= 4 is 22.7 Å². The third-order valence-corrected chi connectivity index (χ3v) is 2.72. The minimum Gasteiger partial charge on any atom is -0.250 e. The Morgan fingerprint density at radius 1 is 1.25 bits per heavy atom. The predicted octanol–water partition coefficient (Wildman–Crippen LogP) is 3.51. The van der Waals surface area contributed by atoms with Crippen LogP contribution in [0.4, 0.5) is 0 Å². The second kappa shape index (κ2) is 5.06. The molecule has 0 aliphatic rings. The van der Waals surface area contributed by atoms with Crippen LogP contribution in [0.15, 0.2) is 28.4 Å². The van der Waals surface area contributed by atoms with Crippen molar-refractivity contribution in [1.29, 1.82) is 0 Å². The zero-order valence-corrected chi connectivity index (χ0v) is 8.78. The molecule has 2 aromatic rings. The molecule has 0 saturated heterocycles. The molecule has 2 aromatic heterocycles. The minimum absolute atomic E-state index is 1.13. The SMILES string of the molecule is Cc1ccsc1.Cc1nccs1. The largest absolute Gasteiger partial charge is 0.250 e. The highest BCUT2D eigenvalue weighted by atomic mass is 32.1. The topological polar surface area (TPSA) is 12.9 Å². The minimum atomic E-state index is 1.13. The Morgan fingerprint density at radius 2 is 2.08 bits per heavy atom. The molecular formula is C9H11NS2. The number of aryl methyl sites for hydroxylation is 2. The third kappa shape index (κ3) is 3.64. The summed E-state index contributed by atoms with van der Waals surface area (Å²) < 4.78 is 0. The van der Waals surface area contributed by atoms with Crippen molar-refractivity contribution in [1.82, 2.24) is 4.98 Å². The van der Waals surface area contributed by atoms with Crippen LogP contribution >= 0.6 is 22.7 Å². The maximum atomic E-state index is 3.94. The lowest BCUT2D eigenvalue weighted by atomic mass is 10.4. The zero-order valence-electron chi connectivity index (χ0n) is 7.15. The van der Waals surface area contributed by atoms with Gasteiger partial charge >= 0.3 is 0 Å². The van der Waals surface area contributed by atoms with Crippen LogP contribution in [0.1, 0.15) is 10.6 Å². The van der Waals surface area contributed by atoms with Crippen molar-refractivity contribution < 1.29 is 0 Å². The van der Waals surface area contributed by atoms with E-state index in [0.717, 1.165) is 5.01 Å². The summed E-state index contributed by atoms with van der Waals surface area (Å²) in [5.74, 6) is 0. The summed E-state index contributed by atoms with van der Waals surface area (Å²) in [4.78, 5) is 3.94. The lowest BCUT2D eigenvalue weighted by Crippen LogP contribution is -1.56. The fraction of sp³-hybridized carbons (Fsp3) is 0.222. The van der Waals surface area contributed by atoms with E-state index in [1.807, 2.05) is 12.3 Å². The summed E-state index contributed by atoms with van der Waals surface area (Å²) in [7, 11) is 0. The van der Waals surface area contributed by atoms with Gasteiger partial charge in [-0.3, -0.25) is 4.98 Å². The first-order valence-electron chi connectivity index (χ1n) is 3.64. The van der Waals surface area contributed by atoms with E-state index >= 15 is 0 Å². The Labute approximate surface area is 80.7 Å². The van der Waals surface area contributed by atoms with Gasteiger partial charge in [-0.1, -0.05) is 0 Å². The van der Waals surface area contributed by atoms with Crippen LogP contribution in [0.5, 0.6) is 0 Å². The van der Waals surface area contributed by atoms with Gasteiger partial charge in [0.05, 0.1) is 5.01 Å². The predicted molar refractivity (Wildman–Crippen MR) is 55.9 cm³/mol. The van der Waals surface area contributed by atoms with Gasteiger partial charge in [0.1, 0.15) is 0 Å². The van der Waals surface area contributed by atoms with Crippen LogP contribution < -0.4 is 0 Å². The van der Waals surface area contributed by atoms with Crippen molar-refractivity contribution in [3.8, 4) is 0 Å². The molecule has 0 fully saturated rings. The van der Waals surface area contributed by atoms with Gasteiger partial charge < -0.3 is 0 Å². The third-order valence-electron chi connectivity index (χ3n) is 1.22. The smallest absolute Gasteiger partial charge is 0.0893 e. The number of thiazole rings is 1. The van der Waals surface area contributed by atoms with Gasteiger partial charge in [-0.15, -0.1) is 11.3 Å². The summed E-state index contributed by atoms with van der Waals surface area (Å²) in [6.07, 6.45) is 1.81. The normalized spacial score (nSPS) is 8.83. The summed E-state index contributed by atoms with van der Waals surface area (Å²) in [5, 5.41) is 7.31. The van der Waals surface area contributed by atoms with E-state index in [0.29, 0.717) is 0 Å². The molecule has 2 heterocycles. The van der Waals surface area contributed by atoms with Crippen LogP contribution in [-0.2, 0) is 0 Å². The number of hydrogen-bond acceptors (Lipinski definition) is 3. The van der Waals surface area contributed by atoms with Crippen molar-refractivity contribution in [2.24, 2.45) is 0 Å². The number of rotatable bonds is 0. The van der Waals surface area contributed by atoms with E-state index in [4.69, 9.17) is 0 Å². The highest BCUT2D eigenvalue weighted by Crippen LogP contribution is 2.01. The van der Waals surface area contributed by atoms with Crippen molar-refractivity contribution in [3.63, 3.8) is 0 Å². The molecule has 1 nitrogen and oxygen atoms in total. The van der Waals surface area contributed by atoms with Gasteiger partial charge in [0.2, 0.25) is 0 Å². The summed E-state index contributed by atoms with van der Waals surface area (Å²) >= 11 is 3.41. The van der Waals surface area contributed by atoms with Gasteiger partial charge in [0.25, 0.3) is 0 Å². The molecule has 0 unspecified atom stereocenters. The van der Waals surface area contributed by atoms with Crippen molar-refractivity contribution in [2.75, 3.05) is 0 Å². The van der Waals surface area contributed by atoms with Crippen molar-refractivity contribution in [3.05, 3.63) is 39.0 Å². The van der Waals surface area contributed by atoms with Crippen LogP contribution in [0.2, 0.25) is 0 Å². The summed E-state index contributed by atoms with van der Waals surface area (Å²) in [6.45, 7) is 4.08. The highest BCUT2D eigenvalue weighted by Gasteiger charge is 1.76. The molecule has 12 heavy (non-hydrogen) atoms. The number of aromatic nitrogens is 1. The average molecular weight is 197 g/mol. The molecule has 0 amide bonds. The van der Waals surface area contributed by atoms with E-state index in [1.54, 1.807) is 28.9 Å². The summed E-state index contributed by atoms with van der Waals surface area (Å²) in [5.41, 5.74) is 1.36. The van der Waals surface area contributed by atoms with Gasteiger partial charge in [-0.25, -0.2) is 0 Å².